The number of nitrogens with zero attached hydrogens (tertiary/aromatic N) is 1. The average molecular weight is 466 g/mol. The summed E-state index contributed by atoms with van der Waals surface area (Å²) in [6.45, 7) is 1.58. The van der Waals surface area contributed by atoms with Crippen LogP contribution in [0.5, 0.6) is 0 Å². The Morgan fingerprint density at radius 2 is 1.94 bits per heavy atom. The molecule has 34 heavy (non-hydrogen) atoms. The van der Waals surface area contributed by atoms with Crippen LogP contribution < -0.4 is 10.6 Å². The van der Waals surface area contributed by atoms with Gasteiger partial charge in [-0.15, -0.1) is 0 Å². The minimum Gasteiger partial charge on any atom is -0.390 e. The number of benzene rings is 2. The topological polar surface area (TPSA) is 74.2 Å². The van der Waals surface area contributed by atoms with Gasteiger partial charge in [0, 0.05) is 37.3 Å². The number of hydrogen-bond donors (Lipinski definition) is 3. The van der Waals surface area contributed by atoms with E-state index in [-0.39, 0.29) is 24.9 Å². The van der Waals surface area contributed by atoms with Crippen LogP contribution in [0.2, 0.25) is 0 Å². The van der Waals surface area contributed by atoms with Crippen molar-refractivity contribution >= 4 is 5.91 Å². The molecule has 178 valence electrons. The summed E-state index contributed by atoms with van der Waals surface area (Å²) in [5, 5.41) is 17.1. The Balaban J connectivity index is 1.48. The molecule has 0 saturated heterocycles. The van der Waals surface area contributed by atoms with E-state index in [0.29, 0.717) is 5.56 Å². The fourth-order valence-electron chi connectivity index (χ4n) is 4.64. The average Bonchev–Trinajstić information content (AvgIpc) is 2.81. The smallest absolute Gasteiger partial charge is 0.217 e. The van der Waals surface area contributed by atoms with Crippen molar-refractivity contribution < 1.29 is 18.7 Å². The van der Waals surface area contributed by atoms with Crippen LogP contribution in [0.4, 0.5) is 8.78 Å². The molecule has 1 aliphatic rings. The first kappa shape index (κ1) is 24.0. The highest BCUT2D eigenvalue weighted by molar-refractivity contribution is 5.73. The summed E-state index contributed by atoms with van der Waals surface area (Å²) in [4.78, 5) is 16.2. The van der Waals surface area contributed by atoms with Gasteiger partial charge in [-0.25, -0.2) is 8.78 Å². The molecule has 4 rings (SSSR count). The van der Waals surface area contributed by atoms with Gasteiger partial charge in [0.25, 0.3) is 0 Å². The van der Waals surface area contributed by atoms with Crippen LogP contribution >= 0.6 is 0 Å². The van der Waals surface area contributed by atoms with Crippen molar-refractivity contribution in [1.29, 1.82) is 0 Å². The Bertz CT molecular complexity index is 1120. The van der Waals surface area contributed by atoms with E-state index in [2.05, 4.69) is 33.8 Å². The van der Waals surface area contributed by atoms with Gasteiger partial charge in [0.15, 0.2) is 0 Å². The number of hydrogen-bond acceptors (Lipinski definition) is 4. The van der Waals surface area contributed by atoms with Crippen molar-refractivity contribution in [3.8, 4) is 11.3 Å². The molecule has 1 aliphatic carbocycles. The molecule has 1 aromatic heterocycles. The molecule has 0 radical (unpaired) electrons. The minimum absolute atomic E-state index is 0.0478. The number of aliphatic hydroxyl groups excluding tert-OH is 1. The maximum absolute atomic E-state index is 13.6. The van der Waals surface area contributed by atoms with Gasteiger partial charge < -0.3 is 15.7 Å². The Kier molecular flexibility index (Phi) is 7.65. The van der Waals surface area contributed by atoms with Gasteiger partial charge in [-0.05, 0) is 72.7 Å². The van der Waals surface area contributed by atoms with Crippen molar-refractivity contribution in [2.45, 2.75) is 50.8 Å². The molecule has 0 bridgehead atoms. The highest BCUT2D eigenvalue weighted by Gasteiger charge is 2.25. The lowest BCUT2D eigenvalue weighted by Gasteiger charge is -2.30. The third-order valence-electron chi connectivity index (χ3n) is 6.23. The zero-order chi connectivity index (χ0) is 24.1. The van der Waals surface area contributed by atoms with Gasteiger partial charge in [-0.1, -0.05) is 18.2 Å². The predicted octanol–water partition coefficient (Wildman–Crippen LogP) is 4.10. The number of halogens is 2. The van der Waals surface area contributed by atoms with Crippen LogP contribution in [-0.4, -0.2) is 34.7 Å². The van der Waals surface area contributed by atoms with Crippen molar-refractivity contribution in [2.24, 2.45) is 0 Å². The Morgan fingerprint density at radius 3 is 2.65 bits per heavy atom. The summed E-state index contributed by atoms with van der Waals surface area (Å²) >= 11 is 0. The van der Waals surface area contributed by atoms with E-state index in [0.717, 1.165) is 36.6 Å². The van der Waals surface area contributed by atoms with Crippen LogP contribution in [0, 0.1) is 11.6 Å². The van der Waals surface area contributed by atoms with Crippen molar-refractivity contribution in [3.63, 3.8) is 0 Å². The van der Waals surface area contributed by atoms with Crippen LogP contribution in [0.1, 0.15) is 42.5 Å². The summed E-state index contributed by atoms with van der Waals surface area (Å²) < 4.78 is 27.2. The summed E-state index contributed by atoms with van der Waals surface area (Å²) in [7, 11) is 0. The van der Waals surface area contributed by atoms with Crippen molar-refractivity contribution in [2.75, 3.05) is 6.54 Å². The van der Waals surface area contributed by atoms with E-state index in [9.17, 15) is 18.7 Å². The van der Waals surface area contributed by atoms with E-state index < -0.39 is 23.8 Å². The zero-order valence-electron chi connectivity index (χ0n) is 19.1. The van der Waals surface area contributed by atoms with Gasteiger partial charge in [-0.3, -0.25) is 9.78 Å². The van der Waals surface area contributed by atoms with Crippen LogP contribution in [0.3, 0.4) is 0 Å². The number of carbonyl (C=O) groups excluding carboxylic acids is 1. The van der Waals surface area contributed by atoms with Gasteiger partial charge in [0.2, 0.25) is 5.91 Å². The van der Waals surface area contributed by atoms with Gasteiger partial charge >= 0.3 is 0 Å². The third-order valence-corrected chi connectivity index (χ3v) is 6.23. The standard InChI is InChI=1S/C27H29F2N3O2/c1-17(33)32-26(13-18-11-21(28)15-22(29)12-18)27(34)16-31-25-7-4-5-19-8-9-20(14-23(19)25)24-6-2-3-10-30-24/h2-3,6,8-12,14-15,25-27,31,34H,4-5,7,13,16H2,1H3,(H,32,33)/t25-,26-,27+/m0/s1. The fraction of sp³-hybridized carbons (Fsp3) is 0.333. The number of pyridine rings is 1. The Morgan fingerprint density at radius 1 is 1.15 bits per heavy atom. The maximum Gasteiger partial charge on any atom is 0.217 e. The van der Waals surface area contributed by atoms with Crippen molar-refractivity contribution in [1.82, 2.24) is 15.6 Å². The second-order valence-electron chi connectivity index (χ2n) is 8.84. The minimum atomic E-state index is -0.945. The van der Waals surface area contributed by atoms with E-state index in [1.54, 1.807) is 6.20 Å². The summed E-state index contributed by atoms with van der Waals surface area (Å²) in [5.41, 5.74) is 4.77. The lowest BCUT2D eigenvalue weighted by molar-refractivity contribution is -0.120. The number of carbonyl (C=O) groups is 1. The van der Waals surface area contributed by atoms with Gasteiger partial charge in [-0.2, -0.15) is 0 Å². The highest BCUT2D eigenvalue weighted by Crippen LogP contribution is 2.33. The normalized spacial score (nSPS) is 17.0. The molecule has 1 heterocycles. The van der Waals surface area contributed by atoms with Gasteiger partial charge in [0.05, 0.1) is 17.8 Å². The molecular formula is C27H29F2N3O2. The number of amides is 1. The van der Waals surface area contributed by atoms with E-state index >= 15 is 0 Å². The first-order valence-electron chi connectivity index (χ1n) is 11.6. The molecule has 0 saturated carbocycles. The third kappa shape index (κ3) is 6.04. The zero-order valence-corrected chi connectivity index (χ0v) is 19.1. The number of fused-ring (bicyclic) bond motifs is 1. The highest BCUT2D eigenvalue weighted by atomic mass is 19.1. The van der Waals surface area contributed by atoms with Crippen LogP contribution in [0.25, 0.3) is 11.3 Å². The molecular weight excluding hydrogens is 436 g/mol. The molecule has 7 heteroatoms. The molecule has 0 fully saturated rings. The van der Waals surface area contributed by atoms with Crippen LogP contribution in [0.15, 0.2) is 60.8 Å². The maximum atomic E-state index is 13.6. The molecule has 5 nitrogen and oxygen atoms in total. The summed E-state index contributed by atoms with van der Waals surface area (Å²) in [5.74, 6) is -1.69. The van der Waals surface area contributed by atoms with Crippen LogP contribution in [-0.2, 0) is 17.6 Å². The number of nitrogens with one attached hydrogen (secondary N) is 2. The molecule has 0 unspecified atom stereocenters. The molecule has 3 atom stereocenters. The van der Waals surface area contributed by atoms with Gasteiger partial charge in [0.1, 0.15) is 11.6 Å². The Hall–Kier alpha value is -3.16. The second kappa shape index (κ2) is 10.8. The number of aryl methyl sites for hydroxylation is 1. The summed E-state index contributed by atoms with van der Waals surface area (Å²) in [6, 6.07) is 14.8. The molecule has 3 aromatic rings. The largest absolute Gasteiger partial charge is 0.390 e. The number of aliphatic hydroxyl groups is 1. The molecule has 0 aliphatic heterocycles. The molecule has 1 amide bonds. The number of rotatable bonds is 8. The molecule has 0 spiro atoms. The van der Waals surface area contributed by atoms with Crippen molar-refractivity contribution in [3.05, 3.63) is 89.1 Å². The van der Waals surface area contributed by atoms with E-state index in [1.165, 1.54) is 30.2 Å². The second-order valence-corrected chi connectivity index (χ2v) is 8.84. The van der Waals surface area contributed by atoms with E-state index in [4.69, 9.17) is 0 Å². The molecule has 3 N–H and O–H groups in total. The summed E-state index contributed by atoms with van der Waals surface area (Å²) in [6.07, 6.45) is 3.89. The monoisotopic (exact) mass is 465 g/mol. The SMILES string of the molecule is CC(=O)N[C@@H](Cc1cc(F)cc(F)c1)[C@H](O)CN[C@H]1CCCc2ccc(-c3ccccn3)cc21. The predicted molar refractivity (Wildman–Crippen MR) is 127 cm³/mol. The fourth-order valence-corrected chi connectivity index (χ4v) is 4.64. The lowest BCUT2D eigenvalue weighted by atomic mass is 9.86. The number of aromatic nitrogens is 1. The first-order chi connectivity index (χ1) is 16.4. The van der Waals surface area contributed by atoms with E-state index in [1.807, 2.05) is 18.2 Å². The molecule has 2 aromatic carbocycles. The quantitative estimate of drug-likeness (QED) is 0.468. The first-order valence-corrected chi connectivity index (χ1v) is 11.6. The lowest BCUT2D eigenvalue weighted by Crippen LogP contribution is -2.48. The Labute approximate surface area is 198 Å².